The van der Waals surface area contributed by atoms with Crippen molar-refractivity contribution in [1.29, 1.82) is 0 Å². The van der Waals surface area contributed by atoms with Crippen LogP contribution in [0.5, 0.6) is 5.75 Å². The number of halogens is 1. The fraction of sp³-hybridized carbons (Fsp3) is 0.400. The molecular weight excluding hydrogens is 396 g/mol. The van der Waals surface area contributed by atoms with Crippen molar-refractivity contribution < 1.29 is 9.63 Å². The van der Waals surface area contributed by atoms with Gasteiger partial charge in [0.15, 0.2) is 5.76 Å². The molecule has 3 N–H and O–H groups in total. The number of phenols is 1. The van der Waals surface area contributed by atoms with E-state index in [4.69, 9.17) is 10.3 Å². The van der Waals surface area contributed by atoms with Gasteiger partial charge in [0.2, 0.25) is 0 Å². The summed E-state index contributed by atoms with van der Waals surface area (Å²) in [5.41, 5.74) is 10.6. The first-order chi connectivity index (χ1) is 14.1. The standard InChI is InChI=1S/C25H26N2O2.ClH/c26-20-4-1-18(2-5-20)22-11-24(29-27-22)19-3-6-23(28)21(10-19)25-12-15-7-16(13-25)9-17(8-15)14-25;/h1-6,10-11,15-17,28H,7-9,12-14,26H2;1H. The van der Waals surface area contributed by atoms with E-state index in [2.05, 4.69) is 11.2 Å². The van der Waals surface area contributed by atoms with Gasteiger partial charge in [-0.15, -0.1) is 12.4 Å². The van der Waals surface area contributed by atoms with E-state index in [9.17, 15) is 5.11 Å². The first-order valence-electron chi connectivity index (χ1n) is 10.7. The number of phenolic OH excluding ortho intramolecular Hbond substituents is 1. The van der Waals surface area contributed by atoms with Crippen molar-refractivity contribution in [1.82, 2.24) is 5.16 Å². The zero-order valence-corrected chi connectivity index (χ0v) is 17.7. The fourth-order valence-corrected chi connectivity index (χ4v) is 6.76. The molecule has 4 aliphatic rings. The number of aromatic hydroxyl groups is 1. The van der Waals surface area contributed by atoms with Crippen LogP contribution < -0.4 is 5.73 Å². The summed E-state index contributed by atoms with van der Waals surface area (Å²) in [6.07, 6.45) is 7.86. The van der Waals surface area contributed by atoms with E-state index in [1.807, 2.05) is 42.5 Å². The topological polar surface area (TPSA) is 72.3 Å². The van der Waals surface area contributed by atoms with Crippen LogP contribution in [0.15, 0.2) is 53.1 Å². The lowest BCUT2D eigenvalue weighted by atomic mass is 9.48. The normalized spacial score (nSPS) is 29.0. The average Bonchev–Trinajstić information content (AvgIpc) is 3.18. The lowest BCUT2D eigenvalue weighted by molar-refractivity contribution is -0.00611. The Labute approximate surface area is 182 Å². The molecule has 7 rings (SSSR count). The molecule has 3 aromatic rings. The van der Waals surface area contributed by atoms with E-state index in [1.54, 1.807) is 0 Å². The minimum Gasteiger partial charge on any atom is -0.508 e. The molecule has 4 bridgehead atoms. The Kier molecular flexibility index (Phi) is 4.59. The monoisotopic (exact) mass is 422 g/mol. The Morgan fingerprint density at radius 2 is 1.47 bits per heavy atom. The van der Waals surface area contributed by atoms with Crippen molar-refractivity contribution in [3.63, 3.8) is 0 Å². The summed E-state index contributed by atoms with van der Waals surface area (Å²) in [4.78, 5) is 0. The molecule has 4 aliphatic carbocycles. The summed E-state index contributed by atoms with van der Waals surface area (Å²) < 4.78 is 5.69. The molecule has 0 unspecified atom stereocenters. The van der Waals surface area contributed by atoms with Crippen LogP contribution in [0.25, 0.3) is 22.6 Å². The SMILES string of the molecule is Cl.Nc1ccc(-c2cc(-c3ccc(O)c(C45CC6CC(CC(C6)C4)C5)c3)on2)cc1. The minimum atomic E-state index is 0. The molecule has 4 nitrogen and oxygen atoms in total. The van der Waals surface area contributed by atoms with Crippen molar-refractivity contribution >= 4 is 18.1 Å². The minimum absolute atomic E-state index is 0. The van der Waals surface area contributed by atoms with Gasteiger partial charge in [0, 0.05) is 28.4 Å². The smallest absolute Gasteiger partial charge is 0.167 e. The first-order valence-corrected chi connectivity index (χ1v) is 10.7. The molecule has 30 heavy (non-hydrogen) atoms. The predicted molar refractivity (Wildman–Crippen MR) is 121 cm³/mol. The van der Waals surface area contributed by atoms with Crippen LogP contribution >= 0.6 is 12.4 Å². The van der Waals surface area contributed by atoms with Gasteiger partial charge in [-0.05, 0) is 92.0 Å². The molecule has 4 fully saturated rings. The number of benzene rings is 2. The van der Waals surface area contributed by atoms with E-state index in [0.29, 0.717) is 5.75 Å². The van der Waals surface area contributed by atoms with E-state index in [-0.39, 0.29) is 17.8 Å². The van der Waals surface area contributed by atoms with Crippen LogP contribution in [0.2, 0.25) is 0 Å². The van der Waals surface area contributed by atoms with Crippen LogP contribution in [0.4, 0.5) is 5.69 Å². The van der Waals surface area contributed by atoms with E-state index < -0.39 is 0 Å². The molecular formula is C25H27ClN2O2. The number of nitrogens with zero attached hydrogens (tertiary/aromatic N) is 1. The second-order valence-electron chi connectivity index (χ2n) is 9.63. The number of anilines is 1. The second-order valence-corrected chi connectivity index (χ2v) is 9.63. The van der Waals surface area contributed by atoms with E-state index in [0.717, 1.165) is 51.6 Å². The number of rotatable bonds is 3. The third kappa shape index (κ3) is 3.09. The molecule has 5 heteroatoms. The number of aromatic nitrogens is 1. The summed E-state index contributed by atoms with van der Waals surface area (Å²) in [5.74, 6) is 3.70. The van der Waals surface area contributed by atoms with Gasteiger partial charge in [-0.25, -0.2) is 0 Å². The largest absolute Gasteiger partial charge is 0.508 e. The second kappa shape index (κ2) is 7.05. The maximum Gasteiger partial charge on any atom is 0.167 e. The zero-order valence-electron chi connectivity index (χ0n) is 16.9. The first kappa shape index (κ1) is 19.5. The third-order valence-electron chi connectivity index (χ3n) is 7.61. The highest BCUT2D eigenvalue weighted by Crippen LogP contribution is 2.62. The van der Waals surface area contributed by atoms with Crippen molar-refractivity contribution in [2.24, 2.45) is 17.8 Å². The highest BCUT2D eigenvalue weighted by atomic mass is 35.5. The molecule has 4 saturated carbocycles. The number of nitrogens with two attached hydrogens (primary N) is 1. The highest BCUT2D eigenvalue weighted by molar-refractivity contribution is 5.85. The van der Waals surface area contributed by atoms with E-state index >= 15 is 0 Å². The van der Waals surface area contributed by atoms with Gasteiger partial charge in [0.25, 0.3) is 0 Å². The maximum absolute atomic E-state index is 10.8. The summed E-state index contributed by atoms with van der Waals surface area (Å²) in [6.45, 7) is 0. The van der Waals surface area contributed by atoms with Crippen molar-refractivity contribution in [2.45, 2.75) is 43.9 Å². The average molecular weight is 423 g/mol. The summed E-state index contributed by atoms with van der Waals surface area (Å²) in [7, 11) is 0. The number of hydrogen-bond acceptors (Lipinski definition) is 4. The van der Waals surface area contributed by atoms with Gasteiger partial charge < -0.3 is 15.4 Å². The quantitative estimate of drug-likeness (QED) is 0.494. The molecule has 1 heterocycles. The summed E-state index contributed by atoms with van der Waals surface area (Å²) in [6, 6.07) is 15.6. The molecule has 0 aliphatic heterocycles. The summed E-state index contributed by atoms with van der Waals surface area (Å²) in [5, 5.41) is 15.1. The zero-order chi connectivity index (χ0) is 19.6. The van der Waals surface area contributed by atoms with Gasteiger partial charge in [-0.1, -0.05) is 17.3 Å². The number of nitrogen functional groups attached to an aromatic ring is 1. The Bertz CT molecular complexity index is 1040. The molecule has 0 spiro atoms. The van der Waals surface area contributed by atoms with E-state index in [1.165, 1.54) is 38.5 Å². The predicted octanol–water partition coefficient (Wildman–Crippen LogP) is 6.19. The van der Waals surface area contributed by atoms with Crippen LogP contribution in [-0.2, 0) is 5.41 Å². The summed E-state index contributed by atoms with van der Waals surface area (Å²) >= 11 is 0. The highest BCUT2D eigenvalue weighted by Gasteiger charge is 2.52. The molecule has 0 amide bonds. The van der Waals surface area contributed by atoms with Crippen LogP contribution in [-0.4, -0.2) is 10.3 Å². The van der Waals surface area contributed by atoms with Gasteiger partial charge in [-0.3, -0.25) is 0 Å². The fourth-order valence-electron chi connectivity index (χ4n) is 6.76. The van der Waals surface area contributed by atoms with Gasteiger partial charge in [-0.2, -0.15) is 0 Å². The molecule has 0 radical (unpaired) electrons. The maximum atomic E-state index is 10.8. The molecule has 0 saturated heterocycles. The number of hydrogen-bond donors (Lipinski definition) is 2. The molecule has 1 aromatic heterocycles. The van der Waals surface area contributed by atoms with Crippen LogP contribution in [0.3, 0.4) is 0 Å². The third-order valence-corrected chi connectivity index (χ3v) is 7.61. The van der Waals surface area contributed by atoms with Crippen molar-refractivity contribution in [2.75, 3.05) is 5.73 Å². The van der Waals surface area contributed by atoms with Gasteiger partial charge in [0.1, 0.15) is 11.4 Å². The Balaban J connectivity index is 0.00000193. The lowest BCUT2D eigenvalue weighted by Gasteiger charge is -2.57. The van der Waals surface area contributed by atoms with Gasteiger partial charge >= 0.3 is 0 Å². The Hall–Kier alpha value is -2.46. The van der Waals surface area contributed by atoms with Crippen LogP contribution in [0, 0.1) is 17.8 Å². The van der Waals surface area contributed by atoms with Crippen molar-refractivity contribution in [3.8, 4) is 28.3 Å². The molecule has 2 aromatic carbocycles. The van der Waals surface area contributed by atoms with Gasteiger partial charge in [0.05, 0.1) is 0 Å². The van der Waals surface area contributed by atoms with Crippen LogP contribution in [0.1, 0.15) is 44.1 Å². The molecule has 156 valence electrons. The lowest BCUT2D eigenvalue weighted by Crippen LogP contribution is -2.48. The Morgan fingerprint density at radius 3 is 2.10 bits per heavy atom. The Morgan fingerprint density at radius 1 is 0.867 bits per heavy atom. The van der Waals surface area contributed by atoms with Crippen molar-refractivity contribution in [3.05, 3.63) is 54.1 Å². The molecule has 0 atom stereocenters.